The molecule has 2 saturated heterocycles. The highest BCUT2D eigenvalue weighted by Crippen LogP contribution is 2.42. The Morgan fingerprint density at radius 3 is 3.00 bits per heavy atom. The fourth-order valence-electron chi connectivity index (χ4n) is 2.33. The lowest BCUT2D eigenvalue weighted by Crippen LogP contribution is -2.29. The molecule has 2 nitrogen and oxygen atoms in total. The molecule has 2 heterocycles. The van der Waals surface area contributed by atoms with Gasteiger partial charge in [-0.25, -0.2) is 0 Å². The number of likely N-dealkylation sites (tertiary alicyclic amines) is 1. The highest BCUT2D eigenvalue weighted by Gasteiger charge is 2.40. The molecule has 1 spiro atoms. The summed E-state index contributed by atoms with van der Waals surface area (Å²) in [7, 11) is 0. The van der Waals surface area contributed by atoms with Crippen LogP contribution in [0.25, 0.3) is 0 Å². The van der Waals surface area contributed by atoms with Crippen molar-refractivity contribution < 1.29 is 5.11 Å². The van der Waals surface area contributed by atoms with Crippen LogP contribution >= 0.6 is 11.8 Å². The minimum Gasteiger partial charge on any atom is -0.395 e. The lowest BCUT2D eigenvalue weighted by Gasteiger charge is -2.22. The molecule has 1 N–H and O–H groups in total. The van der Waals surface area contributed by atoms with Crippen LogP contribution in [0, 0.1) is 5.41 Å². The molecule has 0 saturated carbocycles. The highest BCUT2D eigenvalue weighted by atomic mass is 32.2. The van der Waals surface area contributed by atoms with E-state index in [1.54, 1.807) is 0 Å². The van der Waals surface area contributed by atoms with E-state index in [1.165, 1.54) is 37.4 Å². The van der Waals surface area contributed by atoms with Crippen molar-refractivity contribution in [3.63, 3.8) is 0 Å². The van der Waals surface area contributed by atoms with Gasteiger partial charge in [0.25, 0.3) is 0 Å². The Morgan fingerprint density at radius 2 is 2.33 bits per heavy atom. The Balaban J connectivity index is 1.88. The zero-order valence-corrected chi connectivity index (χ0v) is 8.28. The largest absolute Gasteiger partial charge is 0.395 e. The first-order valence-corrected chi connectivity index (χ1v) is 5.91. The van der Waals surface area contributed by atoms with Crippen LogP contribution in [0.15, 0.2) is 0 Å². The van der Waals surface area contributed by atoms with Gasteiger partial charge in [-0.1, -0.05) is 0 Å². The van der Waals surface area contributed by atoms with Crippen molar-refractivity contribution in [2.75, 3.05) is 37.7 Å². The minimum atomic E-state index is 0.323. The molecule has 0 amide bonds. The van der Waals surface area contributed by atoms with Crippen LogP contribution < -0.4 is 0 Å². The van der Waals surface area contributed by atoms with Gasteiger partial charge in [0.2, 0.25) is 0 Å². The average Bonchev–Trinajstić information content (AvgIpc) is 2.65. The first-order chi connectivity index (χ1) is 5.85. The number of nitrogens with zero attached hydrogens (tertiary/aromatic N) is 1. The summed E-state index contributed by atoms with van der Waals surface area (Å²) in [4.78, 5) is 2.41. The SMILES string of the molecule is OCCN1CC[C@@]2(CCSC2)C1. The molecule has 0 aromatic heterocycles. The Morgan fingerprint density at radius 1 is 1.42 bits per heavy atom. The van der Waals surface area contributed by atoms with Crippen molar-refractivity contribution in [1.29, 1.82) is 0 Å². The molecular formula is C9H17NOS. The molecule has 0 aliphatic carbocycles. The quantitative estimate of drug-likeness (QED) is 0.692. The van der Waals surface area contributed by atoms with E-state index in [0.717, 1.165) is 6.54 Å². The van der Waals surface area contributed by atoms with Crippen LogP contribution in [-0.4, -0.2) is 47.8 Å². The number of hydrogen-bond donors (Lipinski definition) is 1. The standard InChI is InChI=1S/C9H17NOS/c11-5-4-10-3-1-9(7-10)2-6-12-8-9/h11H,1-8H2/t9-/m1/s1. The molecule has 0 bridgehead atoms. The van der Waals surface area contributed by atoms with Gasteiger partial charge in [-0.2, -0.15) is 11.8 Å². The third-order valence-electron chi connectivity index (χ3n) is 3.12. The van der Waals surface area contributed by atoms with Crippen molar-refractivity contribution in [3.05, 3.63) is 0 Å². The fourth-order valence-corrected chi connectivity index (χ4v) is 3.87. The van der Waals surface area contributed by atoms with Gasteiger partial charge in [-0.05, 0) is 30.6 Å². The zero-order valence-electron chi connectivity index (χ0n) is 7.46. The predicted molar refractivity (Wildman–Crippen MR) is 52.5 cm³/mol. The van der Waals surface area contributed by atoms with E-state index in [-0.39, 0.29) is 0 Å². The number of aliphatic hydroxyl groups excluding tert-OH is 1. The molecule has 2 fully saturated rings. The molecule has 0 aromatic carbocycles. The maximum absolute atomic E-state index is 8.81. The molecule has 0 aromatic rings. The summed E-state index contributed by atoms with van der Waals surface area (Å²) in [5.74, 6) is 2.71. The van der Waals surface area contributed by atoms with Crippen molar-refractivity contribution >= 4 is 11.8 Å². The number of hydrogen-bond acceptors (Lipinski definition) is 3. The summed E-state index contributed by atoms with van der Waals surface area (Å²) in [6, 6.07) is 0. The van der Waals surface area contributed by atoms with Crippen molar-refractivity contribution in [2.24, 2.45) is 5.41 Å². The van der Waals surface area contributed by atoms with Gasteiger partial charge in [-0.3, -0.25) is 0 Å². The van der Waals surface area contributed by atoms with Crippen molar-refractivity contribution in [1.82, 2.24) is 4.90 Å². The Bertz CT molecular complexity index is 157. The van der Waals surface area contributed by atoms with Crippen LogP contribution in [-0.2, 0) is 0 Å². The van der Waals surface area contributed by atoms with Gasteiger partial charge in [0, 0.05) is 18.8 Å². The smallest absolute Gasteiger partial charge is 0.0558 e. The van der Waals surface area contributed by atoms with E-state index in [9.17, 15) is 0 Å². The molecule has 1 atom stereocenters. The maximum Gasteiger partial charge on any atom is 0.0558 e. The van der Waals surface area contributed by atoms with Crippen LogP contribution in [0.1, 0.15) is 12.8 Å². The molecule has 2 aliphatic heterocycles. The third kappa shape index (κ3) is 1.63. The second-order valence-electron chi connectivity index (χ2n) is 4.05. The number of β-amino-alcohol motifs (C(OH)–C–C–N with tert-alkyl or cyclic N) is 1. The first kappa shape index (κ1) is 8.85. The van der Waals surface area contributed by atoms with Crippen LogP contribution in [0.4, 0.5) is 0 Å². The Kier molecular flexibility index (Phi) is 2.63. The van der Waals surface area contributed by atoms with Gasteiger partial charge in [-0.15, -0.1) is 0 Å². The second kappa shape index (κ2) is 3.56. The summed E-state index contributed by atoms with van der Waals surface area (Å²) in [6.07, 6.45) is 2.76. The zero-order chi connectivity index (χ0) is 8.44. The number of aliphatic hydroxyl groups is 1. The summed E-state index contributed by atoms with van der Waals surface area (Å²) < 4.78 is 0. The van der Waals surface area contributed by atoms with E-state index in [2.05, 4.69) is 16.7 Å². The van der Waals surface area contributed by atoms with Crippen LogP contribution in [0.3, 0.4) is 0 Å². The Labute approximate surface area is 78.3 Å². The van der Waals surface area contributed by atoms with Gasteiger partial charge >= 0.3 is 0 Å². The first-order valence-electron chi connectivity index (χ1n) is 4.76. The molecule has 3 heteroatoms. The minimum absolute atomic E-state index is 0.323. The molecule has 12 heavy (non-hydrogen) atoms. The van der Waals surface area contributed by atoms with E-state index in [4.69, 9.17) is 5.11 Å². The second-order valence-corrected chi connectivity index (χ2v) is 5.16. The van der Waals surface area contributed by atoms with Crippen molar-refractivity contribution in [3.8, 4) is 0 Å². The van der Waals surface area contributed by atoms with Crippen molar-refractivity contribution in [2.45, 2.75) is 12.8 Å². The van der Waals surface area contributed by atoms with Gasteiger partial charge in [0.05, 0.1) is 6.61 Å². The summed E-state index contributed by atoms with van der Waals surface area (Å²) >= 11 is 2.10. The van der Waals surface area contributed by atoms with Crippen LogP contribution in [0.2, 0.25) is 0 Å². The summed E-state index contributed by atoms with van der Waals surface area (Å²) in [5.41, 5.74) is 0.639. The topological polar surface area (TPSA) is 23.5 Å². The highest BCUT2D eigenvalue weighted by molar-refractivity contribution is 7.99. The maximum atomic E-state index is 8.81. The predicted octanol–water partition coefficient (Wildman–Crippen LogP) is 0.808. The summed E-state index contributed by atoms with van der Waals surface area (Å²) in [5, 5.41) is 8.81. The van der Waals surface area contributed by atoms with Gasteiger partial charge < -0.3 is 10.0 Å². The molecule has 2 rings (SSSR count). The summed E-state index contributed by atoms with van der Waals surface area (Å²) in [6.45, 7) is 3.65. The molecular weight excluding hydrogens is 170 g/mol. The monoisotopic (exact) mass is 187 g/mol. The molecule has 2 aliphatic rings. The van der Waals surface area contributed by atoms with E-state index in [0.29, 0.717) is 12.0 Å². The number of rotatable bonds is 2. The fraction of sp³-hybridized carbons (Fsp3) is 1.00. The Hall–Kier alpha value is 0.270. The number of thioether (sulfide) groups is 1. The normalized spacial score (nSPS) is 36.8. The molecule has 70 valence electrons. The lowest BCUT2D eigenvalue weighted by atomic mass is 9.87. The average molecular weight is 187 g/mol. The van der Waals surface area contributed by atoms with Crippen LogP contribution in [0.5, 0.6) is 0 Å². The third-order valence-corrected chi connectivity index (χ3v) is 4.43. The molecule has 0 radical (unpaired) electrons. The van der Waals surface area contributed by atoms with E-state index < -0.39 is 0 Å². The molecule has 0 unspecified atom stereocenters. The van der Waals surface area contributed by atoms with E-state index in [1.807, 2.05) is 0 Å². The lowest BCUT2D eigenvalue weighted by molar-refractivity contribution is 0.206. The van der Waals surface area contributed by atoms with E-state index >= 15 is 0 Å². The van der Waals surface area contributed by atoms with Gasteiger partial charge in [0.1, 0.15) is 0 Å². The van der Waals surface area contributed by atoms with Gasteiger partial charge in [0.15, 0.2) is 0 Å².